The Hall–Kier alpha value is -0.220. The molecule has 0 radical (unpaired) electrons. The summed E-state index contributed by atoms with van der Waals surface area (Å²) in [6.07, 6.45) is 1.80. The number of benzene rings is 1. The minimum Gasteiger partial charge on any atom is -0.346 e. The monoisotopic (exact) mass is 230 g/mol. The largest absolute Gasteiger partial charge is 0.346 e. The van der Waals surface area contributed by atoms with Crippen molar-refractivity contribution in [3.63, 3.8) is 0 Å². The summed E-state index contributed by atoms with van der Waals surface area (Å²) in [6, 6.07) is 5.76. The first-order chi connectivity index (χ1) is 6.81. The van der Waals surface area contributed by atoms with Crippen molar-refractivity contribution in [3.8, 4) is 0 Å². The third kappa shape index (κ3) is 2.06. The molecule has 0 unspecified atom stereocenters. The van der Waals surface area contributed by atoms with E-state index in [0.29, 0.717) is 13.2 Å². The number of halogens is 1. The van der Waals surface area contributed by atoms with Crippen LogP contribution >= 0.6 is 23.4 Å². The van der Waals surface area contributed by atoms with Gasteiger partial charge in [0.15, 0.2) is 6.29 Å². The maximum Gasteiger partial charge on any atom is 0.185 e. The summed E-state index contributed by atoms with van der Waals surface area (Å²) < 4.78 is 10.9. The number of thioether (sulfide) groups is 1. The zero-order valence-corrected chi connectivity index (χ0v) is 9.40. The van der Waals surface area contributed by atoms with Crippen molar-refractivity contribution in [1.29, 1.82) is 0 Å². The van der Waals surface area contributed by atoms with Crippen LogP contribution in [0.3, 0.4) is 0 Å². The van der Waals surface area contributed by atoms with Crippen molar-refractivity contribution >= 4 is 23.4 Å². The third-order valence-corrected chi connectivity index (χ3v) is 3.10. The summed E-state index contributed by atoms with van der Waals surface area (Å²) in [5, 5.41) is 0.746. The van der Waals surface area contributed by atoms with Gasteiger partial charge in [-0.25, -0.2) is 0 Å². The molecule has 1 fully saturated rings. The lowest BCUT2D eigenvalue weighted by Gasteiger charge is -2.13. The average Bonchev–Trinajstić information content (AvgIpc) is 2.70. The van der Waals surface area contributed by atoms with Crippen LogP contribution < -0.4 is 0 Å². The van der Waals surface area contributed by atoms with Gasteiger partial charge >= 0.3 is 0 Å². The molecule has 1 aliphatic rings. The maximum atomic E-state index is 5.91. The highest BCUT2D eigenvalue weighted by Crippen LogP contribution is 2.32. The minimum absolute atomic E-state index is 0.213. The van der Waals surface area contributed by atoms with E-state index in [4.69, 9.17) is 21.1 Å². The zero-order chi connectivity index (χ0) is 9.97. The Kier molecular flexibility index (Phi) is 3.34. The smallest absolute Gasteiger partial charge is 0.185 e. The molecular formula is C10H11ClO2S. The highest BCUT2D eigenvalue weighted by Gasteiger charge is 2.20. The molecule has 1 aromatic rings. The van der Waals surface area contributed by atoms with E-state index in [1.54, 1.807) is 11.8 Å². The molecule has 0 saturated carbocycles. The summed E-state index contributed by atoms with van der Waals surface area (Å²) >= 11 is 7.56. The van der Waals surface area contributed by atoms with E-state index >= 15 is 0 Å². The number of hydrogen-bond donors (Lipinski definition) is 0. The SMILES string of the molecule is CSc1cc(Cl)ccc1C1OCCO1. The van der Waals surface area contributed by atoms with Crippen LogP contribution in [-0.2, 0) is 9.47 Å². The molecule has 2 nitrogen and oxygen atoms in total. The lowest BCUT2D eigenvalue weighted by Crippen LogP contribution is -1.99. The van der Waals surface area contributed by atoms with Crippen LogP contribution in [0, 0.1) is 0 Å². The standard InChI is InChI=1S/C10H11ClO2S/c1-14-9-6-7(11)2-3-8(9)10-12-4-5-13-10/h2-3,6,10H,4-5H2,1H3. The lowest BCUT2D eigenvalue weighted by molar-refractivity contribution is -0.0460. The first-order valence-electron chi connectivity index (χ1n) is 4.38. The van der Waals surface area contributed by atoms with Crippen LogP contribution in [0.4, 0.5) is 0 Å². The Morgan fingerprint density at radius 3 is 2.71 bits per heavy atom. The normalized spacial score (nSPS) is 17.6. The van der Waals surface area contributed by atoms with Crippen LogP contribution in [0.1, 0.15) is 11.9 Å². The molecule has 0 spiro atoms. The summed E-state index contributed by atoms with van der Waals surface area (Å²) in [4.78, 5) is 1.12. The van der Waals surface area contributed by atoms with Gasteiger partial charge in [-0.1, -0.05) is 17.7 Å². The predicted octanol–water partition coefficient (Wildman–Crippen LogP) is 3.11. The van der Waals surface area contributed by atoms with Gasteiger partial charge in [0.25, 0.3) is 0 Å². The molecule has 1 saturated heterocycles. The zero-order valence-electron chi connectivity index (χ0n) is 7.83. The first kappa shape index (κ1) is 10.3. The molecule has 1 aliphatic heterocycles. The quantitative estimate of drug-likeness (QED) is 0.728. The Labute approximate surface area is 92.5 Å². The molecule has 2 rings (SSSR count). The second-order valence-electron chi connectivity index (χ2n) is 2.96. The Bertz CT molecular complexity index is 324. The van der Waals surface area contributed by atoms with E-state index in [0.717, 1.165) is 15.5 Å². The van der Waals surface area contributed by atoms with Crippen LogP contribution in [0.15, 0.2) is 23.1 Å². The van der Waals surface area contributed by atoms with E-state index in [9.17, 15) is 0 Å². The fourth-order valence-electron chi connectivity index (χ4n) is 1.42. The van der Waals surface area contributed by atoms with Gasteiger partial charge in [-0.3, -0.25) is 0 Å². The molecule has 0 amide bonds. The molecule has 0 bridgehead atoms. The second-order valence-corrected chi connectivity index (χ2v) is 4.24. The predicted molar refractivity (Wildman–Crippen MR) is 57.9 cm³/mol. The van der Waals surface area contributed by atoms with E-state index in [2.05, 4.69) is 0 Å². The molecular weight excluding hydrogens is 220 g/mol. The Morgan fingerprint density at radius 1 is 1.36 bits per heavy atom. The van der Waals surface area contributed by atoms with E-state index in [1.165, 1.54) is 0 Å². The van der Waals surface area contributed by atoms with Gasteiger partial charge in [-0.2, -0.15) is 0 Å². The summed E-state index contributed by atoms with van der Waals surface area (Å²) in [7, 11) is 0. The number of ether oxygens (including phenoxy) is 2. The highest BCUT2D eigenvalue weighted by molar-refractivity contribution is 7.98. The topological polar surface area (TPSA) is 18.5 Å². The van der Waals surface area contributed by atoms with Crippen molar-refractivity contribution in [3.05, 3.63) is 28.8 Å². The fraction of sp³-hybridized carbons (Fsp3) is 0.400. The second kappa shape index (κ2) is 4.53. The molecule has 0 aliphatic carbocycles. The van der Waals surface area contributed by atoms with Crippen LogP contribution in [0.2, 0.25) is 5.02 Å². The van der Waals surface area contributed by atoms with Crippen LogP contribution in [-0.4, -0.2) is 19.5 Å². The van der Waals surface area contributed by atoms with Crippen LogP contribution in [0.5, 0.6) is 0 Å². The van der Waals surface area contributed by atoms with Crippen molar-refractivity contribution in [2.75, 3.05) is 19.5 Å². The van der Waals surface area contributed by atoms with Crippen molar-refractivity contribution in [1.82, 2.24) is 0 Å². The van der Waals surface area contributed by atoms with Crippen LogP contribution in [0.25, 0.3) is 0 Å². The van der Waals surface area contributed by atoms with Crippen molar-refractivity contribution in [2.45, 2.75) is 11.2 Å². The van der Waals surface area contributed by atoms with Gasteiger partial charge in [0.05, 0.1) is 13.2 Å². The Morgan fingerprint density at radius 2 is 2.07 bits per heavy atom. The average molecular weight is 231 g/mol. The van der Waals surface area contributed by atoms with E-state index < -0.39 is 0 Å². The highest BCUT2D eigenvalue weighted by atomic mass is 35.5. The van der Waals surface area contributed by atoms with Gasteiger partial charge in [0.1, 0.15) is 0 Å². The van der Waals surface area contributed by atoms with Crippen molar-refractivity contribution < 1.29 is 9.47 Å². The first-order valence-corrected chi connectivity index (χ1v) is 5.98. The van der Waals surface area contributed by atoms with E-state index in [1.807, 2.05) is 24.5 Å². The number of hydrogen-bond acceptors (Lipinski definition) is 3. The molecule has 0 atom stereocenters. The molecule has 4 heteroatoms. The third-order valence-electron chi connectivity index (χ3n) is 2.07. The molecule has 0 aromatic heterocycles. The summed E-state index contributed by atoms with van der Waals surface area (Å²) in [6.45, 7) is 1.34. The maximum absolute atomic E-state index is 5.91. The van der Waals surface area contributed by atoms with Gasteiger partial charge in [0.2, 0.25) is 0 Å². The minimum atomic E-state index is -0.213. The Balaban J connectivity index is 2.31. The van der Waals surface area contributed by atoms with Gasteiger partial charge in [-0.15, -0.1) is 11.8 Å². The van der Waals surface area contributed by atoms with Gasteiger partial charge in [0, 0.05) is 15.5 Å². The number of rotatable bonds is 2. The summed E-state index contributed by atoms with van der Waals surface area (Å²) in [5.74, 6) is 0. The van der Waals surface area contributed by atoms with Gasteiger partial charge < -0.3 is 9.47 Å². The molecule has 1 heterocycles. The lowest BCUT2D eigenvalue weighted by atomic mass is 10.2. The van der Waals surface area contributed by atoms with Crippen molar-refractivity contribution in [2.24, 2.45) is 0 Å². The van der Waals surface area contributed by atoms with E-state index in [-0.39, 0.29) is 6.29 Å². The summed E-state index contributed by atoms with van der Waals surface area (Å²) in [5.41, 5.74) is 1.07. The fourth-order valence-corrected chi connectivity index (χ4v) is 2.30. The molecule has 1 aromatic carbocycles. The molecule has 76 valence electrons. The molecule has 0 N–H and O–H groups in total. The molecule has 14 heavy (non-hydrogen) atoms. The van der Waals surface area contributed by atoms with Gasteiger partial charge in [-0.05, 0) is 18.4 Å².